The monoisotopic (exact) mass is 394 g/mol. The summed E-state index contributed by atoms with van der Waals surface area (Å²) in [6.45, 7) is 0. The Hall–Kier alpha value is -2.34. The van der Waals surface area contributed by atoms with Crippen molar-refractivity contribution in [2.75, 3.05) is 4.90 Å². The first kappa shape index (κ1) is 17.5. The number of rotatable bonds is 2. The average molecular weight is 396 g/mol. The summed E-state index contributed by atoms with van der Waals surface area (Å²) < 4.78 is 0. The number of hydrogen-bond donors (Lipinski definition) is 1. The molecule has 1 N–H and O–H groups in total. The zero-order valence-corrected chi connectivity index (χ0v) is 14.7. The van der Waals surface area contributed by atoms with Crippen molar-refractivity contribution in [2.45, 2.75) is 0 Å². The van der Waals surface area contributed by atoms with Gasteiger partial charge in [-0.15, -0.1) is 0 Å². The van der Waals surface area contributed by atoms with E-state index >= 15 is 0 Å². The molecular weight excluding hydrogens is 387 g/mol. The molecule has 1 fully saturated rings. The summed E-state index contributed by atoms with van der Waals surface area (Å²) in [6.07, 6.45) is 1.31. The Morgan fingerprint density at radius 3 is 2.32 bits per heavy atom. The minimum Gasteiger partial charge on any atom is -0.273 e. The molecular formula is C17H9Cl3N2O3. The standard InChI is InChI=1S/C17H9Cl3N2O3/c18-10-2-1-3-12(7-10)22-16(24)13(15(23)21-17(22)25)6-9-4-5-11(19)8-14(9)20/h1-8H,(H,21,23,25)/b13-6+. The fourth-order valence-electron chi connectivity index (χ4n) is 2.28. The number of barbiturate groups is 1. The minimum atomic E-state index is -0.850. The van der Waals surface area contributed by atoms with Crippen molar-refractivity contribution in [1.29, 1.82) is 0 Å². The van der Waals surface area contributed by atoms with Crippen LogP contribution in [0.2, 0.25) is 15.1 Å². The zero-order chi connectivity index (χ0) is 18.1. The van der Waals surface area contributed by atoms with Crippen molar-refractivity contribution in [3.63, 3.8) is 0 Å². The number of nitrogens with one attached hydrogen (secondary N) is 1. The summed E-state index contributed by atoms with van der Waals surface area (Å²) in [7, 11) is 0. The molecule has 1 aliphatic rings. The number of benzene rings is 2. The van der Waals surface area contributed by atoms with Gasteiger partial charge in [-0.1, -0.05) is 46.9 Å². The van der Waals surface area contributed by atoms with Crippen molar-refractivity contribution in [3.8, 4) is 0 Å². The highest BCUT2D eigenvalue weighted by atomic mass is 35.5. The van der Waals surface area contributed by atoms with E-state index in [0.29, 0.717) is 15.6 Å². The highest BCUT2D eigenvalue weighted by Crippen LogP contribution is 2.27. The van der Waals surface area contributed by atoms with Crippen LogP contribution in [0.5, 0.6) is 0 Å². The molecule has 2 aromatic rings. The van der Waals surface area contributed by atoms with Gasteiger partial charge in [0.05, 0.1) is 5.69 Å². The number of nitrogens with zero attached hydrogens (tertiary/aromatic N) is 1. The Kier molecular flexibility index (Phi) is 4.81. The summed E-state index contributed by atoms with van der Waals surface area (Å²) in [4.78, 5) is 37.7. The van der Waals surface area contributed by atoms with Gasteiger partial charge in [-0.05, 0) is 42.0 Å². The first-order valence-corrected chi connectivity index (χ1v) is 8.12. The van der Waals surface area contributed by atoms with E-state index in [1.54, 1.807) is 24.3 Å². The summed E-state index contributed by atoms with van der Waals surface area (Å²) in [5.41, 5.74) is 0.435. The number of imide groups is 2. The summed E-state index contributed by atoms with van der Waals surface area (Å²) >= 11 is 17.8. The number of anilines is 1. The molecule has 0 spiro atoms. The van der Waals surface area contributed by atoms with Gasteiger partial charge in [0.15, 0.2) is 0 Å². The molecule has 0 atom stereocenters. The molecule has 1 heterocycles. The largest absolute Gasteiger partial charge is 0.335 e. The fraction of sp³-hybridized carbons (Fsp3) is 0. The van der Waals surface area contributed by atoms with Crippen LogP contribution in [0.3, 0.4) is 0 Å². The SMILES string of the molecule is O=C1NC(=O)N(c2cccc(Cl)c2)C(=O)/C1=C/c1ccc(Cl)cc1Cl. The lowest BCUT2D eigenvalue weighted by Crippen LogP contribution is -2.54. The van der Waals surface area contributed by atoms with E-state index in [9.17, 15) is 14.4 Å². The third-order valence-corrected chi connectivity index (χ3v) is 4.23. The number of carbonyl (C=O) groups excluding carboxylic acids is 3. The van der Waals surface area contributed by atoms with Crippen LogP contribution in [0, 0.1) is 0 Å². The van der Waals surface area contributed by atoms with E-state index < -0.39 is 17.8 Å². The molecule has 2 aromatic carbocycles. The minimum absolute atomic E-state index is 0.233. The van der Waals surface area contributed by atoms with E-state index in [1.165, 1.54) is 24.3 Å². The van der Waals surface area contributed by atoms with E-state index in [1.807, 2.05) is 0 Å². The van der Waals surface area contributed by atoms with Crippen molar-refractivity contribution < 1.29 is 14.4 Å². The predicted molar refractivity (Wildman–Crippen MR) is 96.9 cm³/mol. The number of amides is 4. The van der Waals surface area contributed by atoms with Crippen LogP contribution in [0.4, 0.5) is 10.5 Å². The average Bonchev–Trinajstić information content (AvgIpc) is 2.53. The molecule has 1 saturated heterocycles. The molecule has 5 nitrogen and oxygen atoms in total. The lowest BCUT2D eigenvalue weighted by molar-refractivity contribution is -0.122. The summed E-state index contributed by atoms with van der Waals surface area (Å²) in [5.74, 6) is -1.58. The van der Waals surface area contributed by atoms with Gasteiger partial charge < -0.3 is 0 Å². The molecule has 0 aliphatic carbocycles. The van der Waals surface area contributed by atoms with Crippen LogP contribution < -0.4 is 10.2 Å². The van der Waals surface area contributed by atoms with Gasteiger partial charge in [-0.2, -0.15) is 0 Å². The van der Waals surface area contributed by atoms with Crippen LogP contribution in [0.15, 0.2) is 48.0 Å². The molecule has 1 aliphatic heterocycles. The maximum atomic E-state index is 12.7. The predicted octanol–water partition coefficient (Wildman–Crippen LogP) is 4.31. The van der Waals surface area contributed by atoms with Gasteiger partial charge in [-0.3, -0.25) is 14.9 Å². The maximum Gasteiger partial charge on any atom is 0.335 e. The topological polar surface area (TPSA) is 66.5 Å². The van der Waals surface area contributed by atoms with Gasteiger partial charge in [0.25, 0.3) is 11.8 Å². The van der Waals surface area contributed by atoms with Crippen LogP contribution in [-0.2, 0) is 9.59 Å². The number of hydrogen-bond acceptors (Lipinski definition) is 3. The third kappa shape index (κ3) is 3.54. The molecule has 0 bridgehead atoms. The summed E-state index contributed by atoms with van der Waals surface area (Å²) in [5, 5.41) is 3.16. The Morgan fingerprint density at radius 2 is 1.64 bits per heavy atom. The van der Waals surface area contributed by atoms with Gasteiger partial charge in [0, 0.05) is 15.1 Å². The Labute approximate surface area is 157 Å². The van der Waals surface area contributed by atoms with Crippen molar-refractivity contribution in [2.24, 2.45) is 0 Å². The zero-order valence-electron chi connectivity index (χ0n) is 12.4. The van der Waals surface area contributed by atoms with Crippen LogP contribution in [-0.4, -0.2) is 17.8 Å². The Morgan fingerprint density at radius 1 is 0.920 bits per heavy atom. The lowest BCUT2D eigenvalue weighted by Gasteiger charge is -2.26. The van der Waals surface area contributed by atoms with E-state index in [0.717, 1.165) is 4.90 Å². The van der Waals surface area contributed by atoms with E-state index in [2.05, 4.69) is 5.32 Å². The van der Waals surface area contributed by atoms with E-state index in [-0.39, 0.29) is 16.3 Å². The molecule has 0 aromatic heterocycles. The number of urea groups is 1. The lowest BCUT2D eigenvalue weighted by atomic mass is 10.1. The van der Waals surface area contributed by atoms with Gasteiger partial charge >= 0.3 is 6.03 Å². The van der Waals surface area contributed by atoms with Crippen molar-refractivity contribution in [3.05, 3.63) is 68.7 Å². The summed E-state index contributed by atoms with van der Waals surface area (Å²) in [6, 6.07) is 9.95. The molecule has 126 valence electrons. The smallest absolute Gasteiger partial charge is 0.273 e. The maximum absolute atomic E-state index is 12.7. The van der Waals surface area contributed by atoms with Gasteiger partial charge in [-0.25, -0.2) is 9.69 Å². The molecule has 4 amide bonds. The third-order valence-electron chi connectivity index (χ3n) is 3.43. The first-order chi connectivity index (χ1) is 11.9. The second kappa shape index (κ2) is 6.88. The normalized spacial score (nSPS) is 16.4. The molecule has 0 radical (unpaired) electrons. The molecule has 25 heavy (non-hydrogen) atoms. The van der Waals surface area contributed by atoms with Gasteiger partial charge in [0.1, 0.15) is 5.57 Å². The number of halogens is 3. The quantitative estimate of drug-likeness (QED) is 0.608. The molecule has 0 unspecified atom stereocenters. The first-order valence-electron chi connectivity index (χ1n) is 6.99. The molecule has 8 heteroatoms. The molecule has 0 saturated carbocycles. The fourth-order valence-corrected chi connectivity index (χ4v) is 2.93. The highest BCUT2D eigenvalue weighted by molar-refractivity contribution is 6.40. The van der Waals surface area contributed by atoms with Crippen LogP contribution >= 0.6 is 34.8 Å². The Bertz CT molecular complexity index is 940. The molecule has 3 rings (SSSR count). The van der Waals surface area contributed by atoms with Crippen molar-refractivity contribution in [1.82, 2.24) is 5.32 Å². The number of carbonyl (C=O) groups is 3. The highest BCUT2D eigenvalue weighted by Gasteiger charge is 2.36. The van der Waals surface area contributed by atoms with Crippen LogP contribution in [0.25, 0.3) is 6.08 Å². The Balaban J connectivity index is 2.05. The van der Waals surface area contributed by atoms with Gasteiger partial charge in [0.2, 0.25) is 0 Å². The second-order valence-electron chi connectivity index (χ2n) is 5.10. The van der Waals surface area contributed by atoms with Crippen molar-refractivity contribution >= 4 is 64.4 Å². The second-order valence-corrected chi connectivity index (χ2v) is 6.38. The van der Waals surface area contributed by atoms with E-state index in [4.69, 9.17) is 34.8 Å². The van der Waals surface area contributed by atoms with Crippen LogP contribution in [0.1, 0.15) is 5.56 Å².